The molecule has 6 nitrogen and oxygen atoms in total. The molecule has 98 valence electrons. The lowest BCUT2D eigenvalue weighted by molar-refractivity contribution is 0.0321. The monoisotopic (exact) mass is 272 g/mol. The number of aliphatic hydroxyl groups is 2. The lowest BCUT2D eigenvalue weighted by atomic mass is 9.96. The van der Waals surface area contributed by atoms with Gasteiger partial charge in [-0.15, -0.1) is 0 Å². The number of hydrogen-bond acceptors (Lipinski definition) is 5. The molecule has 2 atom stereocenters. The standard InChI is InChI=1S/C11H12O6S/c12-8(4-18)9(13)7-3-5(10(14)15)1-2-6(7)11(16)17/h1-3,8-9,12-13,18H,4H2,(H,14,15)(H,16,17). The summed E-state index contributed by atoms with van der Waals surface area (Å²) in [6, 6.07) is 3.23. The van der Waals surface area contributed by atoms with E-state index in [0.29, 0.717) is 0 Å². The van der Waals surface area contributed by atoms with Crippen molar-refractivity contribution >= 4 is 24.6 Å². The lowest BCUT2D eigenvalue weighted by Gasteiger charge is -2.18. The molecular formula is C11H12O6S. The Balaban J connectivity index is 3.31. The van der Waals surface area contributed by atoms with E-state index in [9.17, 15) is 19.8 Å². The van der Waals surface area contributed by atoms with Crippen molar-refractivity contribution in [3.63, 3.8) is 0 Å². The van der Waals surface area contributed by atoms with E-state index in [1.165, 1.54) is 0 Å². The van der Waals surface area contributed by atoms with Gasteiger partial charge in [-0.1, -0.05) is 0 Å². The number of thiol groups is 1. The summed E-state index contributed by atoms with van der Waals surface area (Å²) in [5, 5.41) is 37.0. The van der Waals surface area contributed by atoms with Gasteiger partial charge in [0.25, 0.3) is 0 Å². The second-order valence-electron chi connectivity index (χ2n) is 3.61. The Morgan fingerprint density at radius 1 is 1.17 bits per heavy atom. The second-order valence-corrected chi connectivity index (χ2v) is 3.97. The summed E-state index contributed by atoms with van der Waals surface area (Å²) in [5.41, 5.74) is -0.572. The fourth-order valence-electron chi connectivity index (χ4n) is 1.44. The van der Waals surface area contributed by atoms with E-state index < -0.39 is 24.1 Å². The molecule has 1 rings (SSSR count). The molecule has 0 spiro atoms. The van der Waals surface area contributed by atoms with Gasteiger partial charge >= 0.3 is 11.9 Å². The fourth-order valence-corrected chi connectivity index (χ4v) is 1.64. The minimum Gasteiger partial charge on any atom is -0.478 e. The summed E-state index contributed by atoms with van der Waals surface area (Å²) in [7, 11) is 0. The topological polar surface area (TPSA) is 115 Å². The number of hydrogen-bond donors (Lipinski definition) is 5. The highest BCUT2D eigenvalue weighted by molar-refractivity contribution is 7.80. The molecule has 1 aromatic rings. The quantitative estimate of drug-likeness (QED) is 0.496. The summed E-state index contributed by atoms with van der Waals surface area (Å²) in [5.74, 6) is -2.65. The molecule has 0 bridgehead atoms. The normalized spacial score (nSPS) is 13.9. The fraction of sp³-hybridized carbons (Fsp3) is 0.273. The van der Waals surface area contributed by atoms with Gasteiger partial charge in [0.1, 0.15) is 6.10 Å². The Kier molecular flexibility index (Phi) is 4.71. The summed E-state index contributed by atoms with van der Waals surface area (Å²) in [4.78, 5) is 21.7. The molecule has 7 heteroatoms. The van der Waals surface area contributed by atoms with Gasteiger partial charge in [0.05, 0.1) is 17.2 Å². The summed E-state index contributed by atoms with van der Waals surface area (Å²) in [6.45, 7) is 0. The van der Waals surface area contributed by atoms with E-state index >= 15 is 0 Å². The maximum Gasteiger partial charge on any atom is 0.336 e. The minimum absolute atomic E-state index is 0.0858. The van der Waals surface area contributed by atoms with Gasteiger partial charge in [0.15, 0.2) is 0 Å². The molecule has 0 fully saturated rings. The zero-order valence-electron chi connectivity index (χ0n) is 9.15. The molecular weight excluding hydrogens is 260 g/mol. The molecule has 0 saturated carbocycles. The van der Waals surface area contributed by atoms with Crippen LogP contribution in [0.25, 0.3) is 0 Å². The number of carbonyl (C=O) groups is 2. The van der Waals surface area contributed by atoms with Crippen LogP contribution >= 0.6 is 12.6 Å². The lowest BCUT2D eigenvalue weighted by Crippen LogP contribution is -2.22. The highest BCUT2D eigenvalue weighted by Crippen LogP contribution is 2.23. The van der Waals surface area contributed by atoms with Crippen LogP contribution in [-0.2, 0) is 0 Å². The Bertz CT molecular complexity index is 473. The number of carboxylic acids is 2. The molecule has 4 N–H and O–H groups in total. The molecule has 18 heavy (non-hydrogen) atoms. The van der Waals surface area contributed by atoms with Crippen LogP contribution in [0.3, 0.4) is 0 Å². The number of aromatic carboxylic acids is 2. The number of rotatable bonds is 5. The maximum atomic E-state index is 11.0. The van der Waals surface area contributed by atoms with Crippen LogP contribution < -0.4 is 0 Å². The van der Waals surface area contributed by atoms with Crippen molar-refractivity contribution in [2.45, 2.75) is 12.2 Å². The minimum atomic E-state index is -1.51. The van der Waals surface area contributed by atoms with Crippen LogP contribution in [0.1, 0.15) is 32.4 Å². The third kappa shape index (κ3) is 3.00. The highest BCUT2D eigenvalue weighted by Gasteiger charge is 2.24. The zero-order chi connectivity index (χ0) is 13.9. The third-order valence-corrected chi connectivity index (χ3v) is 2.77. The van der Waals surface area contributed by atoms with E-state index in [0.717, 1.165) is 18.2 Å². The molecule has 0 radical (unpaired) electrons. The van der Waals surface area contributed by atoms with Gasteiger partial charge in [-0.05, 0) is 23.8 Å². The van der Waals surface area contributed by atoms with Gasteiger partial charge in [0.2, 0.25) is 0 Å². The maximum absolute atomic E-state index is 11.0. The van der Waals surface area contributed by atoms with Gasteiger partial charge in [-0.2, -0.15) is 12.6 Å². The largest absolute Gasteiger partial charge is 0.478 e. The van der Waals surface area contributed by atoms with Crippen molar-refractivity contribution < 1.29 is 30.0 Å². The third-order valence-electron chi connectivity index (χ3n) is 2.40. The molecule has 2 unspecified atom stereocenters. The average molecular weight is 272 g/mol. The van der Waals surface area contributed by atoms with Crippen molar-refractivity contribution in [3.05, 3.63) is 34.9 Å². The Labute approximate surface area is 108 Å². The summed E-state index contributed by atoms with van der Waals surface area (Å²) in [6.07, 6.45) is -2.79. The second kappa shape index (κ2) is 5.85. The number of benzene rings is 1. The highest BCUT2D eigenvalue weighted by atomic mass is 32.1. The van der Waals surface area contributed by atoms with Crippen LogP contribution in [-0.4, -0.2) is 44.2 Å². The molecule has 0 aliphatic heterocycles. The van der Waals surface area contributed by atoms with Crippen molar-refractivity contribution in [3.8, 4) is 0 Å². The SMILES string of the molecule is O=C(O)c1ccc(C(=O)O)c(C(O)C(O)CS)c1. The first-order chi connectivity index (χ1) is 8.38. The smallest absolute Gasteiger partial charge is 0.336 e. The van der Waals surface area contributed by atoms with Crippen molar-refractivity contribution in [1.82, 2.24) is 0 Å². The average Bonchev–Trinajstić information content (AvgIpc) is 2.35. The van der Waals surface area contributed by atoms with Crippen molar-refractivity contribution in [1.29, 1.82) is 0 Å². The Morgan fingerprint density at radius 2 is 1.78 bits per heavy atom. The first-order valence-electron chi connectivity index (χ1n) is 4.96. The van der Waals surface area contributed by atoms with E-state index in [2.05, 4.69) is 12.6 Å². The molecule has 0 amide bonds. The predicted octanol–water partition coefficient (Wildman–Crippen LogP) is 0.407. The van der Waals surface area contributed by atoms with Crippen LogP contribution in [0.2, 0.25) is 0 Å². The van der Waals surface area contributed by atoms with Crippen molar-refractivity contribution in [2.75, 3.05) is 5.75 Å². The molecule has 0 aliphatic rings. The zero-order valence-corrected chi connectivity index (χ0v) is 10.0. The summed E-state index contributed by atoms with van der Waals surface area (Å²) >= 11 is 3.78. The predicted molar refractivity (Wildman–Crippen MR) is 65.2 cm³/mol. The Morgan fingerprint density at radius 3 is 2.22 bits per heavy atom. The Hall–Kier alpha value is -1.57. The van der Waals surface area contributed by atoms with E-state index in [4.69, 9.17) is 10.2 Å². The van der Waals surface area contributed by atoms with E-state index in [1.807, 2.05) is 0 Å². The van der Waals surface area contributed by atoms with Gasteiger partial charge in [-0.25, -0.2) is 9.59 Å². The number of aliphatic hydroxyl groups excluding tert-OH is 2. The van der Waals surface area contributed by atoms with E-state index in [1.54, 1.807) is 0 Å². The van der Waals surface area contributed by atoms with Crippen LogP contribution in [0, 0.1) is 0 Å². The molecule has 1 aromatic carbocycles. The first kappa shape index (κ1) is 14.5. The van der Waals surface area contributed by atoms with Gasteiger partial charge in [-0.3, -0.25) is 0 Å². The van der Waals surface area contributed by atoms with Gasteiger partial charge < -0.3 is 20.4 Å². The van der Waals surface area contributed by atoms with Gasteiger partial charge in [0, 0.05) is 5.75 Å². The number of carboxylic acid groups (broad SMARTS) is 2. The van der Waals surface area contributed by atoms with E-state index in [-0.39, 0.29) is 22.4 Å². The first-order valence-corrected chi connectivity index (χ1v) is 5.59. The molecule has 0 aliphatic carbocycles. The van der Waals surface area contributed by atoms with Crippen LogP contribution in [0.4, 0.5) is 0 Å². The summed E-state index contributed by atoms with van der Waals surface area (Å²) < 4.78 is 0. The molecule has 0 heterocycles. The van der Waals surface area contributed by atoms with Crippen molar-refractivity contribution in [2.24, 2.45) is 0 Å². The van der Waals surface area contributed by atoms with Crippen LogP contribution in [0.5, 0.6) is 0 Å². The molecule has 0 aromatic heterocycles. The van der Waals surface area contributed by atoms with Crippen LogP contribution in [0.15, 0.2) is 18.2 Å². The molecule has 0 saturated heterocycles.